The first-order chi connectivity index (χ1) is 6.39. The topological polar surface area (TPSA) is 80.3 Å². The summed E-state index contributed by atoms with van der Waals surface area (Å²) in [5.74, 6) is -27.0. The summed E-state index contributed by atoms with van der Waals surface area (Å²) in [4.78, 5) is 18.9. The Morgan fingerprint density at radius 3 is 1.06 bits per heavy atom. The van der Waals surface area contributed by atoms with E-state index in [4.69, 9.17) is 0 Å². The second-order valence-corrected chi connectivity index (χ2v) is 2.30. The van der Waals surface area contributed by atoms with Gasteiger partial charge in [-0.15, -0.1) is 0 Å². The molecule has 0 aromatic heterocycles. The van der Waals surface area contributed by atoms with Crippen LogP contribution < -0.4 is 10.2 Å². The van der Waals surface area contributed by atoms with E-state index in [0.717, 1.165) is 0 Å². The summed E-state index contributed by atoms with van der Waals surface area (Å²) in [6, 6.07) is 0. The van der Waals surface area contributed by atoms with Gasteiger partial charge in [-0.3, -0.25) is 0 Å². The average molecular weight is 375 g/mol. The summed E-state index contributed by atoms with van der Waals surface area (Å²) in [5, 5.41) is 18.9. The van der Waals surface area contributed by atoms with Gasteiger partial charge in [0.25, 0.3) is 0 Å². The number of alkyl halides is 6. The molecular formula is C5BaF6O4. The third-order valence-electron chi connectivity index (χ3n) is 1.30. The van der Waals surface area contributed by atoms with Crippen LogP contribution in [0, 0.1) is 0 Å². The number of rotatable bonds is 4. The molecule has 0 aromatic carbocycles. The zero-order chi connectivity index (χ0) is 12.7. The van der Waals surface area contributed by atoms with Gasteiger partial charge in [0.1, 0.15) is 11.9 Å². The summed E-state index contributed by atoms with van der Waals surface area (Å²) < 4.78 is 72.3. The maximum absolute atomic E-state index is 12.1. The predicted octanol–water partition coefficient (Wildman–Crippen LogP) is -1.99. The van der Waals surface area contributed by atoms with Crippen LogP contribution in [0.15, 0.2) is 0 Å². The molecule has 0 radical (unpaired) electrons. The van der Waals surface area contributed by atoms with Crippen molar-refractivity contribution in [1.29, 1.82) is 0 Å². The van der Waals surface area contributed by atoms with Gasteiger partial charge in [-0.25, -0.2) is 0 Å². The molecule has 0 atom stereocenters. The zero-order valence-electron chi connectivity index (χ0n) is 7.11. The largest absolute Gasteiger partial charge is 2.00 e. The van der Waals surface area contributed by atoms with Crippen molar-refractivity contribution in [3.63, 3.8) is 0 Å². The molecule has 16 heavy (non-hydrogen) atoms. The van der Waals surface area contributed by atoms with E-state index >= 15 is 0 Å². The first-order valence-electron chi connectivity index (χ1n) is 2.95. The van der Waals surface area contributed by atoms with Crippen molar-refractivity contribution in [2.45, 2.75) is 17.8 Å². The third-order valence-corrected chi connectivity index (χ3v) is 1.30. The molecule has 0 unspecified atom stereocenters. The number of carbonyl (C=O) groups is 2. The van der Waals surface area contributed by atoms with Crippen molar-refractivity contribution in [2.75, 3.05) is 0 Å². The van der Waals surface area contributed by atoms with E-state index in [9.17, 15) is 46.1 Å². The molecular weight excluding hydrogens is 375 g/mol. The molecule has 0 fully saturated rings. The molecule has 0 aliphatic rings. The summed E-state index contributed by atoms with van der Waals surface area (Å²) in [6.07, 6.45) is 0. The molecule has 0 bridgehead atoms. The molecule has 4 nitrogen and oxygen atoms in total. The smallest absolute Gasteiger partial charge is 0.544 e. The number of hydrogen-bond acceptors (Lipinski definition) is 4. The van der Waals surface area contributed by atoms with E-state index in [2.05, 4.69) is 0 Å². The van der Waals surface area contributed by atoms with Crippen LogP contribution in [-0.4, -0.2) is 78.6 Å². The maximum atomic E-state index is 12.1. The van der Waals surface area contributed by atoms with Crippen LogP contribution in [0.5, 0.6) is 0 Å². The van der Waals surface area contributed by atoms with Crippen molar-refractivity contribution in [3.8, 4) is 0 Å². The van der Waals surface area contributed by atoms with E-state index in [1.807, 2.05) is 0 Å². The van der Waals surface area contributed by atoms with Crippen LogP contribution in [0.4, 0.5) is 26.3 Å². The molecule has 0 aliphatic carbocycles. The molecule has 88 valence electrons. The molecule has 0 spiro atoms. The first kappa shape index (κ1) is 18.5. The van der Waals surface area contributed by atoms with E-state index in [1.165, 1.54) is 0 Å². The van der Waals surface area contributed by atoms with Crippen LogP contribution in [0.25, 0.3) is 0 Å². The number of hydrogen-bond donors (Lipinski definition) is 0. The summed E-state index contributed by atoms with van der Waals surface area (Å²) in [6.45, 7) is 0. The second kappa shape index (κ2) is 5.16. The molecule has 0 aromatic rings. The zero-order valence-corrected chi connectivity index (χ0v) is 11.5. The van der Waals surface area contributed by atoms with E-state index in [-0.39, 0.29) is 48.9 Å². The van der Waals surface area contributed by atoms with E-state index in [1.54, 1.807) is 0 Å². The first-order valence-corrected chi connectivity index (χ1v) is 2.95. The molecule has 0 rings (SSSR count). The number of halogens is 6. The number of aliphatic carboxylic acids is 2. The minimum absolute atomic E-state index is 0. The quantitative estimate of drug-likeness (QED) is 0.421. The molecule has 0 amide bonds. The van der Waals surface area contributed by atoms with Crippen LogP contribution >= 0.6 is 0 Å². The Hall–Kier alpha value is 0.0914. The SMILES string of the molecule is O=C([O-])C(F)(F)C(F)(F)C(F)(F)C(=O)[O-].[Ba+2]. The molecule has 0 N–H and O–H groups in total. The fraction of sp³-hybridized carbons (Fsp3) is 0.600. The van der Waals surface area contributed by atoms with Gasteiger partial charge in [0, 0.05) is 0 Å². The number of carboxylic acids is 2. The Kier molecular flexibility index (Phi) is 5.96. The van der Waals surface area contributed by atoms with Crippen molar-refractivity contribution in [2.24, 2.45) is 0 Å². The average Bonchev–Trinajstić information content (AvgIpc) is 2.02. The fourth-order valence-electron chi connectivity index (χ4n) is 0.454. The van der Waals surface area contributed by atoms with Gasteiger partial charge in [0.2, 0.25) is 0 Å². The Morgan fingerprint density at radius 1 is 0.750 bits per heavy atom. The van der Waals surface area contributed by atoms with Crippen LogP contribution in [0.3, 0.4) is 0 Å². The van der Waals surface area contributed by atoms with Crippen molar-refractivity contribution >= 4 is 60.8 Å². The van der Waals surface area contributed by atoms with Gasteiger partial charge in [-0.05, 0) is 0 Å². The van der Waals surface area contributed by atoms with Crippen molar-refractivity contribution < 1.29 is 46.1 Å². The second-order valence-electron chi connectivity index (χ2n) is 2.30. The predicted molar refractivity (Wildman–Crippen MR) is 30.6 cm³/mol. The van der Waals surface area contributed by atoms with Crippen molar-refractivity contribution in [1.82, 2.24) is 0 Å². The molecule has 11 heteroatoms. The van der Waals surface area contributed by atoms with Gasteiger partial charge < -0.3 is 19.8 Å². The normalized spacial score (nSPS) is 12.9. The summed E-state index contributed by atoms with van der Waals surface area (Å²) in [5.41, 5.74) is 0. The van der Waals surface area contributed by atoms with Crippen molar-refractivity contribution in [3.05, 3.63) is 0 Å². The summed E-state index contributed by atoms with van der Waals surface area (Å²) in [7, 11) is 0. The molecule has 0 saturated carbocycles. The van der Waals surface area contributed by atoms with Crippen LogP contribution in [0.1, 0.15) is 0 Å². The maximum Gasteiger partial charge on any atom is 2.00 e. The monoisotopic (exact) mass is 376 g/mol. The van der Waals surface area contributed by atoms with Gasteiger partial charge in [0.15, 0.2) is 0 Å². The van der Waals surface area contributed by atoms with Gasteiger partial charge >= 0.3 is 66.6 Å². The third kappa shape index (κ3) is 2.67. The standard InChI is InChI=1S/C5H2F6O4.Ba/c6-3(7,1(12)13)5(10,11)4(8,9)2(14)15;/h(H,12,13)(H,14,15);/q;+2/p-2. The Bertz CT molecular complexity index is 275. The fourth-order valence-corrected chi connectivity index (χ4v) is 0.454. The minimum atomic E-state index is -6.66. The van der Waals surface area contributed by atoms with E-state index in [0.29, 0.717) is 0 Å². The minimum Gasteiger partial charge on any atom is -0.544 e. The Balaban J connectivity index is 0. The van der Waals surface area contributed by atoms with E-state index < -0.39 is 29.7 Å². The molecule has 0 saturated heterocycles. The van der Waals surface area contributed by atoms with Crippen LogP contribution in [0.2, 0.25) is 0 Å². The van der Waals surface area contributed by atoms with Crippen LogP contribution in [-0.2, 0) is 9.59 Å². The summed E-state index contributed by atoms with van der Waals surface area (Å²) >= 11 is 0. The van der Waals surface area contributed by atoms with Gasteiger partial charge in [0.05, 0.1) is 0 Å². The van der Waals surface area contributed by atoms with Gasteiger partial charge in [-0.1, -0.05) is 0 Å². The number of carbonyl (C=O) groups excluding carboxylic acids is 2. The Morgan fingerprint density at radius 2 is 0.938 bits per heavy atom. The molecule has 0 heterocycles. The molecule has 0 aliphatic heterocycles. The van der Waals surface area contributed by atoms with Gasteiger partial charge in [-0.2, -0.15) is 26.3 Å². The number of carboxylic acid groups (broad SMARTS) is 2. The Labute approximate surface area is 124 Å².